The predicted octanol–water partition coefficient (Wildman–Crippen LogP) is 2.50. The van der Waals surface area contributed by atoms with E-state index >= 15 is 0 Å². The molecule has 1 aromatic carbocycles. The minimum Gasteiger partial charge on any atom is -0.492 e. The van der Waals surface area contributed by atoms with Crippen molar-refractivity contribution in [2.24, 2.45) is 0 Å². The fourth-order valence-corrected chi connectivity index (χ4v) is 1.55. The lowest BCUT2D eigenvalue weighted by Gasteiger charge is -2.18. The molecule has 3 N–H and O–H groups in total. The third kappa shape index (κ3) is 4.15. The number of hydrogen-bond donors (Lipinski definition) is 2. The summed E-state index contributed by atoms with van der Waals surface area (Å²) < 4.78 is 10.8. The molecule has 0 amide bonds. The minimum atomic E-state index is 0.217. The molecule has 0 spiro atoms. The van der Waals surface area contributed by atoms with Crippen molar-refractivity contribution >= 4 is 11.4 Å². The molecular formula is C13H22N2O2. The van der Waals surface area contributed by atoms with Crippen LogP contribution in [0.1, 0.15) is 20.8 Å². The van der Waals surface area contributed by atoms with Crippen molar-refractivity contribution in [3.05, 3.63) is 18.2 Å². The van der Waals surface area contributed by atoms with Crippen LogP contribution in [0.4, 0.5) is 11.4 Å². The quantitative estimate of drug-likeness (QED) is 0.717. The van der Waals surface area contributed by atoms with Crippen LogP contribution in [0.15, 0.2) is 18.2 Å². The van der Waals surface area contributed by atoms with E-state index < -0.39 is 0 Å². The summed E-state index contributed by atoms with van der Waals surface area (Å²) >= 11 is 0. The van der Waals surface area contributed by atoms with E-state index in [2.05, 4.69) is 12.2 Å². The van der Waals surface area contributed by atoms with E-state index in [1.54, 1.807) is 0 Å². The second kappa shape index (κ2) is 7.01. The van der Waals surface area contributed by atoms with Gasteiger partial charge in [-0.1, -0.05) is 6.07 Å². The van der Waals surface area contributed by atoms with Crippen molar-refractivity contribution < 1.29 is 9.47 Å². The summed E-state index contributed by atoms with van der Waals surface area (Å²) in [5.74, 6) is 0.723. The highest BCUT2D eigenvalue weighted by Crippen LogP contribution is 2.29. The molecule has 0 bridgehead atoms. The van der Waals surface area contributed by atoms with Gasteiger partial charge in [-0.15, -0.1) is 0 Å². The molecule has 0 aliphatic rings. The van der Waals surface area contributed by atoms with Crippen LogP contribution in [0.25, 0.3) is 0 Å². The summed E-state index contributed by atoms with van der Waals surface area (Å²) in [6, 6.07) is 5.96. The Morgan fingerprint density at radius 3 is 2.71 bits per heavy atom. The molecule has 1 unspecified atom stereocenters. The third-order valence-electron chi connectivity index (χ3n) is 2.34. The number of para-hydroxylation sites is 1. The summed E-state index contributed by atoms with van der Waals surface area (Å²) in [5, 5.41) is 3.31. The molecular weight excluding hydrogens is 216 g/mol. The Morgan fingerprint density at radius 2 is 2.06 bits per heavy atom. The van der Waals surface area contributed by atoms with Crippen LogP contribution >= 0.6 is 0 Å². The Labute approximate surface area is 103 Å². The number of rotatable bonds is 7. The summed E-state index contributed by atoms with van der Waals surface area (Å²) in [6.07, 6.45) is 0. The van der Waals surface area contributed by atoms with Crippen molar-refractivity contribution in [2.45, 2.75) is 26.8 Å². The van der Waals surface area contributed by atoms with Gasteiger partial charge >= 0.3 is 0 Å². The molecule has 0 saturated heterocycles. The monoisotopic (exact) mass is 238 g/mol. The van der Waals surface area contributed by atoms with Crippen LogP contribution in [0.2, 0.25) is 0 Å². The maximum atomic E-state index is 6.02. The zero-order chi connectivity index (χ0) is 12.7. The number of hydrogen-bond acceptors (Lipinski definition) is 4. The van der Waals surface area contributed by atoms with Gasteiger partial charge in [0, 0.05) is 12.6 Å². The largest absolute Gasteiger partial charge is 0.492 e. The maximum absolute atomic E-state index is 6.02. The Balaban J connectivity index is 2.67. The Morgan fingerprint density at radius 1 is 1.29 bits per heavy atom. The number of anilines is 2. The van der Waals surface area contributed by atoms with Gasteiger partial charge in [-0.2, -0.15) is 0 Å². The fraction of sp³-hybridized carbons (Fsp3) is 0.538. The zero-order valence-electron chi connectivity index (χ0n) is 10.8. The van der Waals surface area contributed by atoms with Gasteiger partial charge in [0.1, 0.15) is 5.75 Å². The number of benzene rings is 1. The molecule has 0 radical (unpaired) electrons. The van der Waals surface area contributed by atoms with Gasteiger partial charge in [0.25, 0.3) is 0 Å². The third-order valence-corrected chi connectivity index (χ3v) is 2.34. The summed E-state index contributed by atoms with van der Waals surface area (Å²) in [5.41, 5.74) is 7.56. The fourth-order valence-electron chi connectivity index (χ4n) is 1.55. The van der Waals surface area contributed by atoms with Gasteiger partial charge in [-0.05, 0) is 32.9 Å². The lowest BCUT2D eigenvalue weighted by Crippen LogP contribution is -2.22. The second-order valence-corrected chi connectivity index (χ2v) is 3.86. The minimum absolute atomic E-state index is 0.217. The number of nitrogens with one attached hydrogen (secondary N) is 1. The summed E-state index contributed by atoms with van der Waals surface area (Å²) in [4.78, 5) is 0. The van der Waals surface area contributed by atoms with Crippen molar-refractivity contribution in [3.8, 4) is 5.75 Å². The lowest BCUT2D eigenvalue weighted by atomic mass is 10.2. The van der Waals surface area contributed by atoms with E-state index in [1.807, 2.05) is 32.0 Å². The van der Waals surface area contributed by atoms with Crippen molar-refractivity contribution in [1.82, 2.24) is 0 Å². The van der Waals surface area contributed by atoms with Crippen molar-refractivity contribution in [3.63, 3.8) is 0 Å². The van der Waals surface area contributed by atoms with Crippen molar-refractivity contribution in [2.75, 3.05) is 30.9 Å². The molecule has 1 rings (SSSR count). The molecule has 0 aliphatic carbocycles. The Hall–Kier alpha value is -1.42. The highest BCUT2D eigenvalue weighted by molar-refractivity contribution is 5.73. The van der Waals surface area contributed by atoms with Gasteiger partial charge in [-0.3, -0.25) is 0 Å². The SMILES string of the molecule is CCOCC(C)Nc1cccc(OCC)c1N. The van der Waals surface area contributed by atoms with Crippen LogP contribution in [-0.2, 0) is 4.74 Å². The molecule has 1 atom stereocenters. The first-order chi connectivity index (χ1) is 8.19. The Bertz CT molecular complexity index is 342. The molecule has 96 valence electrons. The van der Waals surface area contributed by atoms with E-state index in [4.69, 9.17) is 15.2 Å². The van der Waals surface area contributed by atoms with E-state index in [0.717, 1.165) is 18.0 Å². The van der Waals surface area contributed by atoms with E-state index in [0.29, 0.717) is 18.9 Å². The van der Waals surface area contributed by atoms with Gasteiger partial charge in [0.2, 0.25) is 0 Å². The van der Waals surface area contributed by atoms with Crippen LogP contribution < -0.4 is 15.8 Å². The molecule has 0 fully saturated rings. The van der Waals surface area contributed by atoms with Gasteiger partial charge in [0.15, 0.2) is 0 Å². The highest BCUT2D eigenvalue weighted by atomic mass is 16.5. The van der Waals surface area contributed by atoms with Gasteiger partial charge < -0.3 is 20.5 Å². The number of ether oxygens (including phenoxy) is 2. The zero-order valence-corrected chi connectivity index (χ0v) is 10.8. The predicted molar refractivity (Wildman–Crippen MR) is 71.6 cm³/mol. The summed E-state index contributed by atoms with van der Waals surface area (Å²) in [6.45, 7) is 7.98. The molecule has 0 saturated carbocycles. The van der Waals surface area contributed by atoms with E-state index in [-0.39, 0.29) is 6.04 Å². The number of nitrogen functional groups attached to an aromatic ring is 1. The smallest absolute Gasteiger partial charge is 0.144 e. The maximum Gasteiger partial charge on any atom is 0.144 e. The Kier molecular flexibility index (Phi) is 5.63. The van der Waals surface area contributed by atoms with Gasteiger partial charge in [-0.25, -0.2) is 0 Å². The molecule has 0 heterocycles. The molecule has 0 aliphatic heterocycles. The second-order valence-electron chi connectivity index (χ2n) is 3.86. The van der Waals surface area contributed by atoms with Gasteiger partial charge in [0.05, 0.1) is 24.6 Å². The molecule has 4 nitrogen and oxygen atoms in total. The van der Waals surface area contributed by atoms with E-state index in [9.17, 15) is 0 Å². The molecule has 0 aromatic heterocycles. The first-order valence-electron chi connectivity index (χ1n) is 6.04. The summed E-state index contributed by atoms with van der Waals surface area (Å²) in [7, 11) is 0. The van der Waals surface area contributed by atoms with Crippen LogP contribution in [0.5, 0.6) is 5.75 Å². The van der Waals surface area contributed by atoms with Crippen LogP contribution in [0.3, 0.4) is 0 Å². The molecule has 17 heavy (non-hydrogen) atoms. The van der Waals surface area contributed by atoms with Crippen molar-refractivity contribution in [1.29, 1.82) is 0 Å². The number of nitrogens with two attached hydrogens (primary N) is 1. The van der Waals surface area contributed by atoms with Crippen LogP contribution in [-0.4, -0.2) is 25.9 Å². The van der Waals surface area contributed by atoms with E-state index in [1.165, 1.54) is 0 Å². The standard InChI is InChI=1S/C13H22N2O2/c1-4-16-9-10(3)15-11-7-6-8-12(13(11)14)17-5-2/h6-8,10,15H,4-5,9,14H2,1-3H3. The molecule has 1 aromatic rings. The lowest BCUT2D eigenvalue weighted by molar-refractivity contribution is 0.141. The van der Waals surface area contributed by atoms with Crippen LogP contribution in [0, 0.1) is 0 Å². The molecule has 4 heteroatoms. The topological polar surface area (TPSA) is 56.5 Å². The first kappa shape index (κ1) is 13.6. The highest BCUT2D eigenvalue weighted by Gasteiger charge is 2.08. The average molecular weight is 238 g/mol. The first-order valence-corrected chi connectivity index (χ1v) is 6.04. The average Bonchev–Trinajstić information content (AvgIpc) is 2.32. The normalized spacial score (nSPS) is 12.2.